The highest BCUT2D eigenvalue weighted by molar-refractivity contribution is 7.99. The first-order chi connectivity index (χ1) is 15.4. The first kappa shape index (κ1) is 23.3. The minimum absolute atomic E-state index is 0.111. The minimum atomic E-state index is -0.225. The van der Waals surface area contributed by atoms with E-state index >= 15 is 0 Å². The number of aromatic nitrogens is 3. The zero-order valence-electron chi connectivity index (χ0n) is 18.6. The van der Waals surface area contributed by atoms with Crippen LogP contribution in [0.4, 0.5) is 5.69 Å². The van der Waals surface area contributed by atoms with E-state index in [1.54, 1.807) is 31.4 Å². The fraction of sp³-hybridized carbons (Fsp3) is 0.304. The lowest BCUT2D eigenvalue weighted by Crippen LogP contribution is -2.24. The molecule has 0 saturated heterocycles. The zero-order chi connectivity index (χ0) is 23.1. The van der Waals surface area contributed by atoms with E-state index in [0.717, 1.165) is 16.8 Å². The van der Waals surface area contributed by atoms with E-state index in [0.29, 0.717) is 28.8 Å². The molecule has 0 radical (unpaired) electrons. The lowest BCUT2D eigenvalue weighted by Gasteiger charge is -2.10. The number of anilines is 1. The number of rotatable bonds is 9. The smallest absolute Gasteiger partial charge is 0.251 e. The number of hydrogen-bond acceptors (Lipinski definition) is 6. The van der Waals surface area contributed by atoms with Crippen molar-refractivity contribution in [2.24, 2.45) is 0 Å². The number of nitrogens with zero attached hydrogens (tertiary/aromatic N) is 3. The van der Waals surface area contributed by atoms with Crippen LogP contribution in [0.5, 0.6) is 5.75 Å². The van der Waals surface area contributed by atoms with Gasteiger partial charge in [0, 0.05) is 17.8 Å². The van der Waals surface area contributed by atoms with Crippen LogP contribution < -0.4 is 15.4 Å². The number of amides is 2. The number of nitrogens with one attached hydrogen (secondary N) is 2. The Balaban J connectivity index is 1.58. The molecule has 0 aliphatic rings. The van der Waals surface area contributed by atoms with Crippen molar-refractivity contribution in [3.63, 3.8) is 0 Å². The van der Waals surface area contributed by atoms with Gasteiger partial charge in [0.15, 0.2) is 11.0 Å². The topological polar surface area (TPSA) is 98.1 Å². The Morgan fingerprint density at radius 3 is 2.66 bits per heavy atom. The van der Waals surface area contributed by atoms with Gasteiger partial charge >= 0.3 is 0 Å². The van der Waals surface area contributed by atoms with Crippen molar-refractivity contribution in [1.29, 1.82) is 0 Å². The summed E-state index contributed by atoms with van der Waals surface area (Å²) < 4.78 is 7.05. The maximum atomic E-state index is 12.4. The molecule has 2 aromatic carbocycles. The SMILES string of the molecule is CCn1c(CNC(=O)c2cccc(OC)c2)nnc1SCC(=O)Nc1ccc(C)cc1C. The second-order valence-corrected chi connectivity index (χ2v) is 8.16. The molecule has 3 aromatic rings. The standard InChI is InChI=1S/C23H27N5O3S/c1-5-28-20(13-24-22(30)17-7-6-8-18(12-17)31-4)26-27-23(28)32-14-21(29)25-19-10-9-15(2)11-16(19)3/h6-12H,5,13-14H2,1-4H3,(H,24,30)(H,25,29). The summed E-state index contributed by atoms with van der Waals surface area (Å²) in [4.78, 5) is 24.8. The average molecular weight is 454 g/mol. The Hall–Kier alpha value is -3.33. The summed E-state index contributed by atoms with van der Waals surface area (Å²) in [6.45, 7) is 6.80. The molecule has 0 aliphatic heterocycles. The molecular formula is C23H27N5O3S. The highest BCUT2D eigenvalue weighted by atomic mass is 32.2. The maximum absolute atomic E-state index is 12.4. The molecule has 8 nitrogen and oxygen atoms in total. The van der Waals surface area contributed by atoms with Gasteiger partial charge in [-0.3, -0.25) is 9.59 Å². The van der Waals surface area contributed by atoms with Gasteiger partial charge < -0.3 is 19.9 Å². The number of methoxy groups -OCH3 is 1. The van der Waals surface area contributed by atoms with E-state index in [9.17, 15) is 9.59 Å². The van der Waals surface area contributed by atoms with Crippen LogP contribution >= 0.6 is 11.8 Å². The molecule has 0 aliphatic carbocycles. The molecule has 0 saturated carbocycles. The highest BCUT2D eigenvalue weighted by Crippen LogP contribution is 2.20. The van der Waals surface area contributed by atoms with E-state index in [4.69, 9.17) is 4.74 Å². The first-order valence-electron chi connectivity index (χ1n) is 10.3. The minimum Gasteiger partial charge on any atom is -0.497 e. The molecule has 1 heterocycles. The molecular weight excluding hydrogens is 426 g/mol. The van der Waals surface area contributed by atoms with Crippen LogP contribution in [0.25, 0.3) is 0 Å². The van der Waals surface area contributed by atoms with Crippen LogP contribution in [-0.2, 0) is 17.9 Å². The van der Waals surface area contributed by atoms with Crippen molar-refractivity contribution in [2.45, 2.75) is 39.0 Å². The molecule has 0 unspecified atom stereocenters. The van der Waals surface area contributed by atoms with Gasteiger partial charge in [-0.15, -0.1) is 10.2 Å². The van der Waals surface area contributed by atoms with Crippen molar-refractivity contribution >= 4 is 29.3 Å². The van der Waals surface area contributed by atoms with E-state index < -0.39 is 0 Å². The van der Waals surface area contributed by atoms with Crippen LogP contribution in [0.3, 0.4) is 0 Å². The van der Waals surface area contributed by atoms with E-state index in [1.165, 1.54) is 11.8 Å². The van der Waals surface area contributed by atoms with Gasteiger partial charge in [0.2, 0.25) is 5.91 Å². The summed E-state index contributed by atoms with van der Waals surface area (Å²) in [6.07, 6.45) is 0. The molecule has 0 fully saturated rings. The first-order valence-corrected chi connectivity index (χ1v) is 11.2. The lowest BCUT2D eigenvalue weighted by molar-refractivity contribution is -0.113. The Morgan fingerprint density at radius 2 is 1.94 bits per heavy atom. The largest absolute Gasteiger partial charge is 0.497 e. The number of aryl methyl sites for hydroxylation is 2. The molecule has 32 heavy (non-hydrogen) atoms. The highest BCUT2D eigenvalue weighted by Gasteiger charge is 2.15. The third-order valence-corrected chi connectivity index (χ3v) is 5.80. The van der Waals surface area contributed by atoms with Crippen LogP contribution in [0.2, 0.25) is 0 Å². The van der Waals surface area contributed by atoms with Crippen LogP contribution in [0, 0.1) is 13.8 Å². The lowest BCUT2D eigenvalue weighted by atomic mass is 10.1. The third kappa shape index (κ3) is 5.88. The van der Waals surface area contributed by atoms with Crippen LogP contribution in [-0.4, -0.2) is 39.4 Å². The number of carbonyl (C=O) groups excluding carboxylic acids is 2. The van der Waals surface area contributed by atoms with E-state index in [1.807, 2.05) is 43.5 Å². The predicted molar refractivity (Wildman–Crippen MR) is 125 cm³/mol. The Morgan fingerprint density at radius 1 is 1.12 bits per heavy atom. The van der Waals surface area contributed by atoms with E-state index in [2.05, 4.69) is 20.8 Å². The molecule has 9 heteroatoms. The van der Waals surface area contributed by atoms with Gasteiger partial charge in [-0.2, -0.15) is 0 Å². The zero-order valence-corrected chi connectivity index (χ0v) is 19.5. The second-order valence-electron chi connectivity index (χ2n) is 7.21. The van der Waals surface area contributed by atoms with Crippen molar-refractivity contribution < 1.29 is 14.3 Å². The number of carbonyl (C=O) groups is 2. The summed E-state index contributed by atoms with van der Waals surface area (Å²) >= 11 is 1.31. The number of ether oxygens (including phenoxy) is 1. The molecule has 0 bridgehead atoms. The molecule has 2 amide bonds. The fourth-order valence-electron chi connectivity index (χ4n) is 3.17. The Bertz CT molecular complexity index is 1110. The summed E-state index contributed by atoms with van der Waals surface area (Å²) in [7, 11) is 1.56. The molecule has 168 valence electrons. The van der Waals surface area contributed by atoms with Gasteiger partial charge in [0.25, 0.3) is 5.91 Å². The van der Waals surface area contributed by atoms with Crippen molar-refractivity contribution in [2.75, 3.05) is 18.2 Å². The quantitative estimate of drug-likeness (QED) is 0.481. The predicted octanol–water partition coefficient (Wildman–Crippen LogP) is 3.58. The van der Waals surface area contributed by atoms with E-state index in [-0.39, 0.29) is 24.1 Å². The van der Waals surface area contributed by atoms with Gasteiger partial charge in [-0.1, -0.05) is 35.5 Å². The number of thioether (sulfide) groups is 1. The van der Waals surface area contributed by atoms with Crippen LogP contribution in [0.1, 0.15) is 34.2 Å². The van der Waals surface area contributed by atoms with Crippen LogP contribution in [0.15, 0.2) is 47.6 Å². The Labute approximate surface area is 191 Å². The molecule has 2 N–H and O–H groups in total. The summed E-state index contributed by atoms with van der Waals surface area (Å²) in [5.74, 6) is 1.12. The normalized spacial score (nSPS) is 10.6. The molecule has 3 rings (SSSR count). The van der Waals surface area contributed by atoms with Crippen molar-refractivity contribution in [3.8, 4) is 5.75 Å². The van der Waals surface area contributed by atoms with Gasteiger partial charge in [-0.05, 0) is 50.6 Å². The number of benzene rings is 2. The molecule has 1 aromatic heterocycles. The van der Waals surface area contributed by atoms with Crippen molar-refractivity contribution in [3.05, 3.63) is 65.0 Å². The molecule has 0 atom stereocenters. The average Bonchev–Trinajstić information content (AvgIpc) is 3.19. The number of hydrogen-bond donors (Lipinski definition) is 2. The monoisotopic (exact) mass is 453 g/mol. The summed E-state index contributed by atoms with van der Waals surface area (Å²) in [5, 5.41) is 14.8. The summed E-state index contributed by atoms with van der Waals surface area (Å²) in [6, 6.07) is 12.8. The Kier molecular flexibility index (Phi) is 7.88. The second kappa shape index (κ2) is 10.8. The maximum Gasteiger partial charge on any atom is 0.251 e. The van der Waals surface area contributed by atoms with Gasteiger partial charge in [-0.25, -0.2) is 0 Å². The third-order valence-electron chi connectivity index (χ3n) is 4.84. The summed E-state index contributed by atoms with van der Waals surface area (Å²) in [5.41, 5.74) is 3.48. The fourth-order valence-corrected chi connectivity index (χ4v) is 3.99. The molecule has 0 spiro atoms. The van der Waals surface area contributed by atoms with Gasteiger partial charge in [0.05, 0.1) is 19.4 Å². The van der Waals surface area contributed by atoms with Crippen molar-refractivity contribution in [1.82, 2.24) is 20.1 Å². The van der Waals surface area contributed by atoms with Gasteiger partial charge in [0.1, 0.15) is 5.75 Å².